The third-order valence-corrected chi connectivity index (χ3v) is 2.91. The average molecular weight is 293 g/mol. The third-order valence-electron chi connectivity index (χ3n) is 2.11. The van der Waals surface area contributed by atoms with Crippen molar-refractivity contribution >= 4 is 15.9 Å². The minimum Gasteiger partial charge on any atom is -0.207 e. The molecule has 3 heteroatoms. The molecule has 2 aromatic rings. The zero-order chi connectivity index (χ0) is 12.3. The predicted molar refractivity (Wildman–Crippen MR) is 66.5 cm³/mol. The number of rotatable bonds is 0. The first-order chi connectivity index (χ1) is 8.16. The first-order valence-corrected chi connectivity index (χ1v) is 5.68. The molecule has 2 aromatic carbocycles. The van der Waals surface area contributed by atoms with Crippen molar-refractivity contribution in [3.8, 4) is 11.8 Å². The minimum atomic E-state index is -0.651. The quantitative estimate of drug-likeness (QED) is 0.506. The highest BCUT2D eigenvalue weighted by molar-refractivity contribution is 9.10. The second-order valence-electron chi connectivity index (χ2n) is 3.37. The SMILES string of the molecule is Fc1cc(F)c(Br)c(C#Cc2ccccc2)c1. The largest absolute Gasteiger partial charge is 0.207 e. The van der Waals surface area contributed by atoms with Crippen molar-refractivity contribution < 1.29 is 8.78 Å². The molecule has 0 saturated carbocycles. The Morgan fingerprint density at radius 1 is 0.941 bits per heavy atom. The first kappa shape index (κ1) is 11.8. The van der Waals surface area contributed by atoms with Gasteiger partial charge in [-0.25, -0.2) is 8.78 Å². The predicted octanol–water partition coefficient (Wildman–Crippen LogP) is 4.13. The van der Waals surface area contributed by atoms with Gasteiger partial charge in [-0.3, -0.25) is 0 Å². The van der Waals surface area contributed by atoms with Gasteiger partial charge in [0.05, 0.1) is 4.47 Å². The Bertz CT molecular complexity index is 595. The van der Waals surface area contributed by atoms with Gasteiger partial charge < -0.3 is 0 Å². The zero-order valence-corrected chi connectivity index (χ0v) is 10.3. The van der Waals surface area contributed by atoms with Crippen LogP contribution in [0.5, 0.6) is 0 Å². The maximum Gasteiger partial charge on any atom is 0.141 e. The molecule has 0 fully saturated rings. The maximum absolute atomic E-state index is 13.2. The van der Waals surface area contributed by atoms with Crippen LogP contribution in [-0.2, 0) is 0 Å². The van der Waals surface area contributed by atoms with E-state index < -0.39 is 11.6 Å². The molecule has 0 unspecified atom stereocenters. The fourth-order valence-corrected chi connectivity index (χ4v) is 1.64. The molecule has 0 aliphatic rings. The van der Waals surface area contributed by atoms with Crippen LogP contribution in [0.15, 0.2) is 46.9 Å². The second kappa shape index (κ2) is 5.11. The Morgan fingerprint density at radius 2 is 1.65 bits per heavy atom. The molecule has 84 valence electrons. The number of benzene rings is 2. The Morgan fingerprint density at radius 3 is 2.35 bits per heavy atom. The van der Waals surface area contributed by atoms with Crippen LogP contribution in [0.4, 0.5) is 8.78 Å². The van der Waals surface area contributed by atoms with E-state index in [2.05, 4.69) is 27.8 Å². The summed E-state index contributed by atoms with van der Waals surface area (Å²) in [5.74, 6) is 4.29. The van der Waals surface area contributed by atoms with Crippen LogP contribution in [0.2, 0.25) is 0 Å². The van der Waals surface area contributed by atoms with E-state index in [1.165, 1.54) is 6.07 Å². The van der Waals surface area contributed by atoms with Gasteiger partial charge >= 0.3 is 0 Å². The number of hydrogen-bond acceptors (Lipinski definition) is 0. The van der Waals surface area contributed by atoms with Crippen molar-refractivity contribution in [3.05, 3.63) is 69.7 Å². The van der Waals surface area contributed by atoms with Gasteiger partial charge in [-0.1, -0.05) is 30.0 Å². The van der Waals surface area contributed by atoms with Gasteiger partial charge in [0.1, 0.15) is 11.6 Å². The zero-order valence-electron chi connectivity index (χ0n) is 8.68. The van der Waals surface area contributed by atoms with E-state index in [4.69, 9.17) is 0 Å². The van der Waals surface area contributed by atoms with Crippen molar-refractivity contribution in [1.29, 1.82) is 0 Å². The summed E-state index contributed by atoms with van der Waals surface area (Å²) in [5.41, 5.74) is 1.09. The summed E-state index contributed by atoms with van der Waals surface area (Å²) in [6, 6.07) is 11.3. The van der Waals surface area contributed by atoms with Crippen LogP contribution in [0.25, 0.3) is 0 Å². The van der Waals surface area contributed by atoms with E-state index in [9.17, 15) is 8.78 Å². The summed E-state index contributed by atoms with van der Waals surface area (Å²) in [5, 5.41) is 0. The fraction of sp³-hybridized carbons (Fsp3) is 0. The van der Waals surface area contributed by atoms with E-state index in [1.807, 2.05) is 30.3 Å². The summed E-state index contributed by atoms with van der Waals surface area (Å²) >= 11 is 3.04. The number of hydrogen-bond donors (Lipinski definition) is 0. The van der Waals surface area contributed by atoms with Gasteiger partial charge in [0.25, 0.3) is 0 Å². The highest BCUT2D eigenvalue weighted by Gasteiger charge is 2.06. The standard InChI is InChI=1S/C14H7BrF2/c15-14-11(8-12(16)9-13(14)17)7-6-10-4-2-1-3-5-10/h1-5,8-9H. The van der Waals surface area contributed by atoms with Gasteiger partial charge in [-0.15, -0.1) is 0 Å². The lowest BCUT2D eigenvalue weighted by Gasteiger charge is -1.98. The third kappa shape index (κ3) is 2.92. The molecule has 0 aliphatic heterocycles. The first-order valence-electron chi connectivity index (χ1n) is 4.88. The minimum absolute atomic E-state index is 0.183. The van der Waals surface area contributed by atoms with Gasteiger partial charge in [-0.05, 0) is 34.1 Å². The molecule has 0 heterocycles. The normalized spacial score (nSPS) is 9.59. The Hall–Kier alpha value is -1.66. The molecular formula is C14H7BrF2. The molecule has 0 atom stereocenters. The Kier molecular flexibility index (Phi) is 3.55. The highest BCUT2D eigenvalue weighted by atomic mass is 79.9. The van der Waals surface area contributed by atoms with Crippen molar-refractivity contribution in [2.24, 2.45) is 0 Å². The summed E-state index contributed by atoms with van der Waals surface area (Å²) < 4.78 is 26.4. The van der Waals surface area contributed by atoms with Crippen LogP contribution in [0.1, 0.15) is 11.1 Å². The molecule has 0 spiro atoms. The van der Waals surface area contributed by atoms with E-state index in [0.29, 0.717) is 5.56 Å². The van der Waals surface area contributed by atoms with E-state index in [0.717, 1.165) is 11.6 Å². The molecule has 0 N–H and O–H groups in total. The summed E-state index contributed by atoms with van der Waals surface area (Å²) in [4.78, 5) is 0. The summed E-state index contributed by atoms with van der Waals surface area (Å²) in [7, 11) is 0. The lowest BCUT2D eigenvalue weighted by atomic mass is 10.2. The van der Waals surface area contributed by atoms with Crippen LogP contribution >= 0.6 is 15.9 Å². The van der Waals surface area contributed by atoms with Crippen molar-refractivity contribution in [2.75, 3.05) is 0 Å². The van der Waals surface area contributed by atoms with Gasteiger partial charge in [0.2, 0.25) is 0 Å². The summed E-state index contributed by atoms with van der Waals surface area (Å²) in [6.07, 6.45) is 0. The van der Waals surface area contributed by atoms with Crippen molar-refractivity contribution in [3.63, 3.8) is 0 Å². The summed E-state index contributed by atoms with van der Waals surface area (Å²) in [6.45, 7) is 0. The molecule has 2 rings (SSSR count). The van der Waals surface area contributed by atoms with Gasteiger partial charge in [0, 0.05) is 17.2 Å². The van der Waals surface area contributed by atoms with Crippen molar-refractivity contribution in [2.45, 2.75) is 0 Å². The van der Waals surface area contributed by atoms with Gasteiger partial charge in [-0.2, -0.15) is 0 Å². The lowest BCUT2D eigenvalue weighted by Crippen LogP contribution is -1.87. The molecule has 0 aliphatic carbocycles. The van der Waals surface area contributed by atoms with Crippen LogP contribution < -0.4 is 0 Å². The van der Waals surface area contributed by atoms with Crippen LogP contribution in [0, 0.1) is 23.5 Å². The fourth-order valence-electron chi connectivity index (χ4n) is 1.31. The molecule has 17 heavy (non-hydrogen) atoms. The monoisotopic (exact) mass is 292 g/mol. The van der Waals surface area contributed by atoms with Crippen molar-refractivity contribution in [1.82, 2.24) is 0 Å². The maximum atomic E-state index is 13.2. The van der Waals surface area contributed by atoms with E-state index >= 15 is 0 Å². The van der Waals surface area contributed by atoms with Crippen LogP contribution in [-0.4, -0.2) is 0 Å². The second-order valence-corrected chi connectivity index (χ2v) is 4.16. The van der Waals surface area contributed by atoms with Gasteiger partial charge in [0.15, 0.2) is 0 Å². The molecule has 0 bridgehead atoms. The molecule has 0 nitrogen and oxygen atoms in total. The molecule has 0 amide bonds. The smallest absolute Gasteiger partial charge is 0.141 e. The topological polar surface area (TPSA) is 0 Å². The van der Waals surface area contributed by atoms with E-state index in [-0.39, 0.29) is 4.47 Å². The van der Waals surface area contributed by atoms with Crippen LogP contribution in [0.3, 0.4) is 0 Å². The molecule has 0 saturated heterocycles. The number of halogens is 3. The highest BCUT2D eigenvalue weighted by Crippen LogP contribution is 2.21. The molecule has 0 aromatic heterocycles. The Labute approximate surface area is 106 Å². The molecular weight excluding hydrogens is 286 g/mol. The van der Waals surface area contributed by atoms with E-state index in [1.54, 1.807) is 0 Å². The molecule has 0 radical (unpaired) electrons. The lowest BCUT2D eigenvalue weighted by molar-refractivity contribution is 0.578. The Balaban J connectivity index is 2.41. The average Bonchev–Trinajstić information content (AvgIpc) is 2.33.